The van der Waals surface area contributed by atoms with Crippen LogP contribution in [0.3, 0.4) is 0 Å². The third kappa shape index (κ3) is 5.00. The van der Waals surface area contributed by atoms with Crippen LogP contribution in [-0.4, -0.2) is 25.5 Å². The topological polar surface area (TPSA) is 52.6 Å². The Morgan fingerprint density at radius 1 is 1.47 bits per heavy atom. The molecule has 0 bridgehead atoms. The van der Waals surface area contributed by atoms with Crippen molar-refractivity contribution in [3.05, 3.63) is 24.5 Å². The van der Waals surface area contributed by atoms with Gasteiger partial charge in [0.15, 0.2) is 5.78 Å². The number of ether oxygens (including phenoxy) is 2. The number of methoxy groups -OCH3 is 1. The van der Waals surface area contributed by atoms with E-state index in [1.54, 1.807) is 6.92 Å². The molecule has 15 heavy (non-hydrogen) atoms. The average molecular weight is 212 g/mol. The van der Waals surface area contributed by atoms with Crippen molar-refractivity contribution in [1.29, 1.82) is 0 Å². The SMILES string of the molecule is C=CCOC(=O)[C@H](C)C(=O)/C=C(\C)OC. The van der Waals surface area contributed by atoms with E-state index in [-0.39, 0.29) is 12.4 Å². The molecule has 0 amide bonds. The molecule has 0 rings (SSSR count). The van der Waals surface area contributed by atoms with E-state index in [0.29, 0.717) is 5.76 Å². The molecule has 0 N–H and O–H groups in total. The highest BCUT2D eigenvalue weighted by molar-refractivity contribution is 6.04. The van der Waals surface area contributed by atoms with E-state index in [1.807, 2.05) is 0 Å². The first-order valence-corrected chi connectivity index (χ1v) is 4.56. The summed E-state index contributed by atoms with van der Waals surface area (Å²) >= 11 is 0. The molecule has 0 unspecified atom stereocenters. The number of hydrogen-bond acceptors (Lipinski definition) is 4. The minimum Gasteiger partial charge on any atom is -0.501 e. The summed E-state index contributed by atoms with van der Waals surface area (Å²) < 4.78 is 9.55. The van der Waals surface area contributed by atoms with Crippen LogP contribution < -0.4 is 0 Å². The van der Waals surface area contributed by atoms with Crippen molar-refractivity contribution >= 4 is 11.8 Å². The van der Waals surface area contributed by atoms with Gasteiger partial charge in [0.2, 0.25) is 0 Å². The van der Waals surface area contributed by atoms with E-state index in [2.05, 4.69) is 6.58 Å². The first kappa shape index (κ1) is 13.4. The van der Waals surface area contributed by atoms with Crippen LogP contribution in [0.2, 0.25) is 0 Å². The van der Waals surface area contributed by atoms with Crippen LogP contribution in [0.4, 0.5) is 0 Å². The molecule has 0 saturated carbocycles. The first-order valence-electron chi connectivity index (χ1n) is 4.56. The summed E-state index contributed by atoms with van der Waals surface area (Å²) in [6.07, 6.45) is 2.73. The summed E-state index contributed by atoms with van der Waals surface area (Å²) in [5.74, 6) is -1.23. The molecule has 0 heterocycles. The second-order valence-corrected chi connectivity index (χ2v) is 3.00. The third-order valence-corrected chi connectivity index (χ3v) is 1.79. The van der Waals surface area contributed by atoms with Crippen molar-refractivity contribution < 1.29 is 19.1 Å². The monoisotopic (exact) mass is 212 g/mol. The third-order valence-electron chi connectivity index (χ3n) is 1.79. The van der Waals surface area contributed by atoms with Crippen LogP contribution in [0, 0.1) is 5.92 Å². The Balaban J connectivity index is 4.31. The number of hydrogen-bond donors (Lipinski definition) is 0. The van der Waals surface area contributed by atoms with Crippen LogP contribution in [0.15, 0.2) is 24.5 Å². The molecular formula is C11H16O4. The zero-order valence-corrected chi connectivity index (χ0v) is 9.28. The lowest BCUT2D eigenvalue weighted by atomic mass is 10.1. The van der Waals surface area contributed by atoms with Crippen molar-refractivity contribution in [2.24, 2.45) is 5.92 Å². The number of rotatable bonds is 6. The molecule has 84 valence electrons. The highest BCUT2D eigenvalue weighted by Gasteiger charge is 2.21. The van der Waals surface area contributed by atoms with Crippen LogP contribution in [0.1, 0.15) is 13.8 Å². The fraction of sp³-hybridized carbons (Fsp3) is 0.455. The molecule has 0 radical (unpaired) electrons. The standard InChI is InChI=1S/C11H16O4/c1-5-6-15-11(13)9(3)10(12)7-8(2)14-4/h5,7,9H,1,6H2,2-4H3/b8-7+/t9-/m1/s1. The van der Waals surface area contributed by atoms with E-state index >= 15 is 0 Å². The van der Waals surface area contributed by atoms with Gasteiger partial charge in [0.1, 0.15) is 12.5 Å². The summed E-state index contributed by atoms with van der Waals surface area (Å²) in [7, 11) is 1.46. The van der Waals surface area contributed by atoms with Gasteiger partial charge in [-0.3, -0.25) is 9.59 Å². The Hall–Kier alpha value is -1.58. The molecule has 0 saturated heterocycles. The lowest BCUT2D eigenvalue weighted by molar-refractivity contribution is -0.149. The van der Waals surface area contributed by atoms with Gasteiger partial charge in [-0.05, 0) is 13.8 Å². The smallest absolute Gasteiger partial charge is 0.316 e. The molecule has 0 aromatic heterocycles. The van der Waals surface area contributed by atoms with Crippen molar-refractivity contribution in [2.75, 3.05) is 13.7 Å². The second-order valence-electron chi connectivity index (χ2n) is 3.00. The van der Waals surface area contributed by atoms with Crippen LogP contribution in [0.25, 0.3) is 0 Å². The minimum absolute atomic E-state index is 0.115. The number of allylic oxidation sites excluding steroid dienone is 2. The van der Waals surface area contributed by atoms with E-state index in [9.17, 15) is 9.59 Å². The predicted molar refractivity (Wildman–Crippen MR) is 56.1 cm³/mol. The Kier molecular flexibility index (Phi) is 6.09. The summed E-state index contributed by atoms with van der Waals surface area (Å²) in [6, 6.07) is 0. The van der Waals surface area contributed by atoms with Gasteiger partial charge in [-0.25, -0.2) is 0 Å². The van der Waals surface area contributed by atoms with Gasteiger partial charge in [-0.1, -0.05) is 12.7 Å². The molecule has 0 aromatic rings. The zero-order valence-electron chi connectivity index (χ0n) is 9.28. The van der Waals surface area contributed by atoms with Crippen molar-refractivity contribution in [2.45, 2.75) is 13.8 Å². The van der Waals surface area contributed by atoms with E-state index < -0.39 is 11.9 Å². The Morgan fingerprint density at radius 2 is 2.07 bits per heavy atom. The molecular weight excluding hydrogens is 196 g/mol. The molecule has 0 aromatic carbocycles. The lowest BCUT2D eigenvalue weighted by Crippen LogP contribution is -2.22. The highest BCUT2D eigenvalue weighted by Crippen LogP contribution is 2.04. The lowest BCUT2D eigenvalue weighted by Gasteiger charge is -2.07. The van der Waals surface area contributed by atoms with Crippen molar-refractivity contribution in [1.82, 2.24) is 0 Å². The van der Waals surface area contributed by atoms with E-state index in [1.165, 1.54) is 26.2 Å². The van der Waals surface area contributed by atoms with Crippen LogP contribution in [-0.2, 0) is 19.1 Å². The predicted octanol–water partition coefficient (Wildman–Crippen LogP) is 1.47. The van der Waals surface area contributed by atoms with Crippen molar-refractivity contribution in [3.8, 4) is 0 Å². The molecule has 0 aliphatic carbocycles. The van der Waals surface area contributed by atoms with Gasteiger partial charge < -0.3 is 9.47 Å². The van der Waals surface area contributed by atoms with Gasteiger partial charge in [0.05, 0.1) is 12.9 Å². The normalized spacial score (nSPS) is 12.9. The maximum Gasteiger partial charge on any atom is 0.316 e. The molecule has 0 aliphatic heterocycles. The maximum atomic E-state index is 11.4. The Bertz CT molecular complexity index is 278. The zero-order chi connectivity index (χ0) is 11.8. The minimum atomic E-state index is -0.810. The number of carbonyl (C=O) groups is 2. The second kappa shape index (κ2) is 6.81. The molecule has 1 atom stereocenters. The van der Waals surface area contributed by atoms with Gasteiger partial charge in [0, 0.05) is 6.08 Å². The fourth-order valence-corrected chi connectivity index (χ4v) is 0.766. The molecule has 4 heteroatoms. The van der Waals surface area contributed by atoms with Gasteiger partial charge in [0.25, 0.3) is 0 Å². The molecule has 0 spiro atoms. The highest BCUT2D eigenvalue weighted by atomic mass is 16.5. The Morgan fingerprint density at radius 3 is 2.53 bits per heavy atom. The Labute approximate surface area is 89.6 Å². The summed E-state index contributed by atoms with van der Waals surface area (Å²) in [5.41, 5.74) is 0. The summed E-state index contributed by atoms with van der Waals surface area (Å²) in [4.78, 5) is 22.7. The molecule has 0 fully saturated rings. The number of esters is 1. The number of carbonyl (C=O) groups excluding carboxylic acids is 2. The molecule has 0 aliphatic rings. The van der Waals surface area contributed by atoms with Gasteiger partial charge in [-0.2, -0.15) is 0 Å². The molecule has 4 nitrogen and oxygen atoms in total. The number of ketones is 1. The largest absolute Gasteiger partial charge is 0.501 e. The quantitative estimate of drug-likeness (QED) is 0.220. The van der Waals surface area contributed by atoms with Gasteiger partial charge >= 0.3 is 5.97 Å². The summed E-state index contributed by atoms with van der Waals surface area (Å²) in [5, 5.41) is 0. The van der Waals surface area contributed by atoms with Crippen LogP contribution >= 0.6 is 0 Å². The van der Waals surface area contributed by atoms with E-state index in [4.69, 9.17) is 9.47 Å². The van der Waals surface area contributed by atoms with Crippen LogP contribution in [0.5, 0.6) is 0 Å². The average Bonchev–Trinajstić information content (AvgIpc) is 2.24. The van der Waals surface area contributed by atoms with E-state index in [0.717, 1.165) is 0 Å². The fourth-order valence-electron chi connectivity index (χ4n) is 0.766. The van der Waals surface area contributed by atoms with Gasteiger partial charge in [-0.15, -0.1) is 0 Å². The maximum absolute atomic E-state index is 11.4. The van der Waals surface area contributed by atoms with Crippen molar-refractivity contribution in [3.63, 3.8) is 0 Å². The summed E-state index contributed by atoms with van der Waals surface area (Å²) in [6.45, 7) is 6.65. The first-order chi connectivity index (χ1) is 7.02.